The second-order valence-corrected chi connectivity index (χ2v) is 8.83. The van der Waals surface area contributed by atoms with Gasteiger partial charge in [0, 0.05) is 23.2 Å². The Kier molecular flexibility index (Phi) is 8.17. The molecule has 0 saturated heterocycles. The number of benzene rings is 2. The molecule has 1 N–H and O–H groups in total. The molecule has 0 unspecified atom stereocenters. The minimum atomic E-state index is -0.425. The number of amides is 3. The SMILES string of the molecule is CC(C)N(CC(=O)N(Cc1ccc(F)cc1)Cc1cccs1)C(=O)Nc1cccc(C#N)c1. The van der Waals surface area contributed by atoms with Gasteiger partial charge in [0.05, 0.1) is 18.2 Å². The lowest BCUT2D eigenvalue weighted by Gasteiger charge is -2.30. The molecule has 170 valence electrons. The van der Waals surface area contributed by atoms with Gasteiger partial charge >= 0.3 is 6.03 Å². The zero-order valence-corrected chi connectivity index (χ0v) is 19.3. The lowest BCUT2D eigenvalue weighted by Crippen LogP contribution is -2.47. The summed E-state index contributed by atoms with van der Waals surface area (Å²) in [5.41, 5.74) is 1.72. The molecule has 3 rings (SSSR count). The van der Waals surface area contributed by atoms with E-state index in [1.807, 2.05) is 37.4 Å². The second kappa shape index (κ2) is 11.2. The Balaban J connectivity index is 1.75. The molecule has 8 heteroatoms. The van der Waals surface area contributed by atoms with Crippen LogP contribution in [0.25, 0.3) is 0 Å². The fraction of sp³-hybridized carbons (Fsp3) is 0.240. The largest absolute Gasteiger partial charge is 0.332 e. The van der Waals surface area contributed by atoms with E-state index in [1.54, 1.807) is 52.6 Å². The van der Waals surface area contributed by atoms with E-state index < -0.39 is 6.03 Å². The highest BCUT2D eigenvalue weighted by Gasteiger charge is 2.24. The Morgan fingerprint density at radius 3 is 2.48 bits per heavy atom. The van der Waals surface area contributed by atoms with Crippen molar-refractivity contribution in [3.8, 4) is 6.07 Å². The summed E-state index contributed by atoms with van der Waals surface area (Å²) in [6.07, 6.45) is 0. The van der Waals surface area contributed by atoms with Gasteiger partial charge in [0.2, 0.25) is 5.91 Å². The van der Waals surface area contributed by atoms with Crippen molar-refractivity contribution in [1.82, 2.24) is 9.80 Å². The van der Waals surface area contributed by atoms with Gasteiger partial charge in [-0.1, -0.05) is 24.3 Å². The van der Waals surface area contributed by atoms with Crippen LogP contribution in [0.5, 0.6) is 0 Å². The number of urea groups is 1. The van der Waals surface area contributed by atoms with Gasteiger partial charge in [-0.3, -0.25) is 4.79 Å². The molecule has 0 saturated carbocycles. The second-order valence-electron chi connectivity index (χ2n) is 7.80. The van der Waals surface area contributed by atoms with Crippen molar-refractivity contribution in [3.63, 3.8) is 0 Å². The molecule has 6 nitrogen and oxygen atoms in total. The van der Waals surface area contributed by atoms with E-state index in [-0.39, 0.29) is 24.3 Å². The average molecular weight is 465 g/mol. The number of carbonyl (C=O) groups is 2. The summed E-state index contributed by atoms with van der Waals surface area (Å²) in [6.45, 7) is 4.25. The number of nitrogens with one attached hydrogen (secondary N) is 1. The molecule has 3 aromatic rings. The topological polar surface area (TPSA) is 76.4 Å². The zero-order valence-electron chi connectivity index (χ0n) is 18.5. The van der Waals surface area contributed by atoms with E-state index in [9.17, 15) is 14.0 Å². The molecular weight excluding hydrogens is 439 g/mol. The van der Waals surface area contributed by atoms with Gasteiger partial charge in [-0.25, -0.2) is 9.18 Å². The van der Waals surface area contributed by atoms with Crippen LogP contribution < -0.4 is 5.32 Å². The summed E-state index contributed by atoms with van der Waals surface area (Å²) in [7, 11) is 0. The third-order valence-electron chi connectivity index (χ3n) is 5.00. The van der Waals surface area contributed by atoms with E-state index in [0.717, 1.165) is 10.4 Å². The van der Waals surface area contributed by atoms with E-state index >= 15 is 0 Å². The van der Waals surface area contributed by atoms with Crippen LogP contribution in [0.15, 0.2) is 66.0 Å². The van der Waals surface area contributed by atoms with Crippen molar-refractivity contribution in [2.75, 3.05) is 11.9 Å². The normalized spacial score (nSPS) is 10.5. The third kappa shape index (κ3) is 6.89. The fourth-order valence-corrected chi connectivity index (χ4v) is 3.95. The Hall–Kier alpha value is -3.70. The Morgan fingerprint density at radius 1 is 1.09 bits per heavy atom. The number of anilines is 1. The van der Waals surface area contributed by atoms with Gasteiger partial charge in [-0.05, 0) is 61.2 Å². The van der Waals surface area contributed by atoms with Crippen molar-refractivity contribution in [1.29, 1.82) is 5.26 Å². The highest BCUT2D eigenvalue weighted by molar-refractivity contribution is 7.09. The quantitative estimate of drug-likeness (QED) is 0.496. The molecule has 0 aliphatic heterocycles. The number of hydrogen-bond acceptors (Lipinski definition) is 4. The van der Waals surface area contributed by atoms with E-state index in [1.165, 1.54) is 17.0 Å². The first-order chi connectivity index (χ1) is 15.9. The number of thiophene rings is 1. The number of rotatable bonds is 8. The highest BCUT2D eigenvalue weighted by atomic mass is 32.1. The van der Waals surface area contributed by atoms with Crippen molar-refractivity contribution in [2.45, 2.75) is 33.0 Å². The molecule has 0 radical (unpaired) electrons. The summed E-state index contributed by atoms with van der Waals surface area (Å²) in [4.78, 5) is 30.4. The first kappa shape index (κ1) is 24.0. The highest BCUT2D eigenvalue weighted by Crippen LogP contribution is 2.17. The molecule has 1 heterocycles. The van der Waals surface area contributed by atoms with Crippen molar-refractivity contribution in [3.05, 3.63) is 87.9 Å². The minimum absolute atomic E-state index is 0.117. The molecule has 33 heavy (non-hydrogen) atoms. The fourth-order valence-electron chi connectivity index (χ4n) is 3.23. The van der Waals surface area contributed by atoms with Crippen molar-refractivity contribution < 1.29 is 14.0 Å². The summed E-state index contributed by atoms with van der Waals surface area (Å²) in [6, 6.07) is 17.9. The van der Waals surface area contributed by atoms with Gasteiger partial charge in [0.1, 0.15) is 12.4 Å². The molecule has 0 fully saturated rings. The van der Waals surface area contributed by atoms with Crippen LogP contribution in [0, 0.1) is 17.1 Å². The molecule has 0 bridgehead atoms. The lowest BCUT2D eigenvalue weighted by atomic mass is 10.2. The van der Waals surface area contributed by atoms with Gasteiger partial charge in [-0.15, -0.1) is 11.3 Å². The van der Waals surface area contributed by atoms with Crippen LogP contribution in [0.2, 0.25) is 0 Å². The summed E-state index contributed by atoms with van der Waals surface area (Å²) >= 11 is 1.55. The minimum Gasteiger partial charge on any atom is -0.332 e. The van der Waals surface area contributed by atoms with Gasteiger partial charge < -0.3 is 15.1 Å². The number of nitriles is 1. The Morgan fingerprint density at radius 2 is 1.85 bits per heavy atom. The van der Waals surface area contributed by atoms with E-state index in [2.05, 4.69) is 5.32 Å². The van der Waals surface area contributed by atoms with Crippen LogP contribution in [0.1, 0.15) is 29.9 Å². The van der Waals surface area contributed by atoms with Crippen LogP contribution in [-0.2, 0) is 17.9 Å². The summed E-state index contributed by atoms with van der Waals surface area (Å²) in [5.74, 6) is -0.555. The van der Waals surface area contributed by atoms with Crippen LogP contribution in [-0.4, -0.2) is 34.3 Å². The Labute approximate surface area is 196 Å². The lowest BCUT2D eigenvalue weighted by molar-refractivity contribution is -0.133. The predicted molar refractivity (Wildman–Crippen MR) is 127 cm³/mol. The maximum absolute atomic E-state index is 13.3. The number of nitrogens with zero attached hydrogens (tertiary/aromatic N) is 3. The third-order valence-corrected chi connectivity index (χ3v) is 5.86. The van der Waals surface area contributed by atoms with E-state index in [4.69, 9.17) is 5.26 Å². The molecule has 2 aromatic carbocycles. The van der Waals surface area contributed by atoms with Crippen LogP contribution in [0.4, 0.5) is 14.9 Å². The zero-order chi connectivity index (χ0) is 23.8. The number of hydrogen-bond donors (Lipinski definition) is 1. The monoisotopic (exact) mass is 464 g/mol. The maximum Gasteiger partial charge on any atom is 0.322 e. The van der Waals surface area contributed by atoms with Gasteiger partial charge in [0.15, 0.2) is 0 Å². The molecule has 1 aromatic heterocycles. The first-order valence-corrected chi connectivity index (χ1v) is 11.4. The standard InChI is InChI=1S/C25H25FN4O2S/c1-18(2)30(25(32)28-22-6-3-5-20(13-22)14-27)17-24(31)29(16-23-7-4-12-33-23)15-19-8-10-21(26)11-9-19/h3-13,18H,15-17H2,1-2H3,(H,28,32). The smallest absolute Gasteiger partial charge is 0.322 e. The van der Waals surface area contributed by atoms with Crippen LogP contribution >= 0.6 is 11.3 Å². The van der Waals surface area contributed by atoms with Crippen molar-refractivity contribution >= 4 is 29.0 Å². The number of carbonyl (C=O) groups excluding carboxylic acids is 2. The number of halogens is 1. The Bertz CT molecular complexity index is 1120. The molecular formula is C25H25FN4O2S. The molecule has 0 atom stereocenters. The molecule has 0 aliphatic rings. The predicted octanol–water partition coefficient (Wildman–Crippen LogP) is 5.23. The first-order valence-electron chi connectivity index (χ1n) is 10.5. The molecule has 0 aliphatic carbocycles. The van der Waals surface area contributed by atoms with Gasteiger partial charge in [0.25, 0.3) is 0 Å². The van der Waals surface area contributed by atoms with E-state index in [0.29, 0.717) is 24.3 Å². The van der Waals surface area contributed by atoms with Crippen molar-refractivity contribution in [2.24, 2.45) is 0 Å². The molecule has 3 amide bonds. The average Bonchev–Trinajstić information content (AvgIpc) is 3.31. The van der Waals surface area contributed by atoms with Gasteiger partial charge in [-0.2, -0.15) is 5.26 Å². The maximum atomic E-state index is 13.3. The van der Waals surface area contributed by atoms with Crippen LogP contribution in [0.3, 0.4) is 0 Å². The summed E-state index contributed by atoms with van der Waals surface area (Å²) < 4.78 is 13.3. The summed E-state index contributed by atoms with van der Waals surface area (Å²) in [5, 5.41) is 13.8. The molecule has 0 spiro atoms.